The maximum Gasteiger partial charge on any atom is 0.223 e. The monoisotopic (exact) mass is 430 g/mol. The van der Waals surface area contributed by atoms with E-state index in [0.717, 1.165) is 43.7 Å². The standard InChI is InChI=1S/C24H28ClFN2O2/c1-24(2)14-21(19-5-3-4-6-22(19)30-24)27-23(29)16-9-11-28(12-10-16)15-17-7-8-18(25)13-20(17)26/h3-8,13,16,21H,9-12,14-15H2,1-2H3,(H,27,29). The normalized spacial score (nSPS) is 21.5. The van der Waals surface area contributed by atoms with Crippen molar-refractivity contribution in [3.63, 3.8) is 0 Å². The van der Waals surface area contributed by atoms with Gasteiger partial charge in [-0.05, 0) is 58.0 Å². The van der Waals surface area contributed by atoms with Gasteiger partial charge in [-0.25, -0.2) is 4.39 Å². The number of ether oxygens (including phenoxy) is 1. The maximum absolute atomic E-state index is 14.1. The molecular weight excluding hydrogens is 403 g/mol. The number of hydrogen-bond donors (Lipinski definition) is 1. The first-order chi connectivity index (χ1) is 14.3. The number of rotatable bonds is 4. The Bertz CT molecular complexity index is 925. The first-order valence-corrected chi connectivity index (χ1v) is 10.9. The molecule has 0 bridgehead atoms. The van der Waals surface area contributed by atoms with Crippen LogP contribution in [0.1, 0.15) is 50.3 Å². The van der Waals surface area contributed by atoms with Crippen LogP contribution in [0.5, 0.6) is 5.75 Å². The van der Waals surface area contributed by atoms with Crippen molar-refractivity contribution in [2.45, 2.75) is 51.3 Å². The van der Waals surface area contributed by atoms with Crippen LogP contribution < -0.4 is 10.1 Å². The number of para-hydroxylation sites is 1. The third-order valence-corrected chi connectivity index (χ3v) is 6.30. The minimum atomic E-state index is -0.321. The molecule has 0 aromatic heterocycles. The van der Waals surface area contributed by atoms with Crippen LogP contribution >= 0.6 is 11.6 Å². The zero-order valence-electron chi connectivity index (χ0n) is 17.5. The van der Waals surface area contributed by atoms with Crippen LogP contribution in [0.25, 0.3) is 0 Å². The van der Waals surface area contributed by atoms with Crippen LogP contribution in [-0.2, 0) is 11.3 Å². The molecule has 4 nitrogen and oxygen atoms in total. The van der Waals surface area contributed by atoms with E-state index < -0.39 is 0 Å². The predicted molar refractivity (Wildman–Crippen MR) is 116 cm³/mol. The maximum atomic E-state index is 14.1. The molecule has 4 rings (SSSR count). The summed E-state index contributed by atoms with van der Waals surface area (Å²) in [5.41, 5.74) is 1.36. The second-order valence-electron chi connectivity index (χ2n) is 8.95. The Kier molecular flexibility index (Phi) is 6.03. The summed E-state index contributed by atoms with van der Waals surface area (Å²) in [5.74, 6) is 0.654. The lowest BCUT2D eigenvalue weighted by Crippen LogP contribution is -2.45. The fourth-order valence-electron chi connectivity index (χ4n) is 4.46. The number of hydrogen-bond acceptors (Lipinski definition) is 3. The highest BCUT2D eigenvalue weighted by Crippen LogP contribution is 2.39. The predicted octanol–water partition coefficient (Wildman–Crippen LogP) is 5.11. The Morgan fingerprint density at radius 2 is 1.97 bits per heavy atom. The van der Waals surface area contributed by atoms with Crippen LogP contribution in [0.4, 0.5) is 4.39 Å². The number of carbonyl (C=O) groups excluding carboxylic acids is 1. The summed E-state index contributed by atoms with van der Waals surface area (Å²) < 4.78 is 20.1. The molecule has 0 radical (unpaired) electrons. The number of carbonyl (C=O) groups is 1. The molecule has 1 saturated heterocycles. The van der Waals surface area contributed by atoms with E-state index in [1.807, 2.05) is 24.3 Å². The SMILES string of the molecule is CC1(C)CC(NC(=O)C2CCN(Cc3ccc(Cl)cc3F)CC2)c2ccccc2O1. The largest absolute Gasteiger partial charge is 0.487 e. The van der Waals surface area contributed by atoms with Crippen molar-refractivity contribution in [2.24, 2.45) is 5.92 Å². The average Bonchev–Trinajstić information content (AvgIpc) is 2.70. The van der Waals surface area contributed by atoms with E-state index in [0.29, 0.717) is 17.1 Å². The second kappa shape index (κ2) is 8.56. The fraction of sp³-hybridized carbons (Fsp3) is 0.458. The summed E-state index contributed by atoms with van der Waals surface area (Å²) in [5, 5.41) is 3.68. The number of nitrogens with zero attached hydrogens (tertiary/aromatic N) is 1. The first kappa shape index (κ1) is 21.1. The molecular formula is C24H28ClFN2O2. The zero-order chi connectivity index (χ0) is 21.3. The summed E-state index contributed by atoms with van der Waals surface area (Å²) in [4.78, 5) is 15.2. The number of piperidine rings is 1. The van der Waals surface area contributed by atoms with Gasteiger partial charge in [0, 0.05) is 35.0 Å². The highest BCUT2D eigenvalue weighted by atomic mass is 35.5. The van der Waals surface area contributed by atoms with Crippen molar-refractivity contribution in [3.8, 4) is 5.75 Å². The van der Waals surface area contributed by atoms with Gasteiger partial charge in [0.2, 0.25) is 5.91 Å². The van der Waals surface area contributed by atoms with Crippen molar-refractivity contribution in [3.05, 3.63) is 64.4 Å². The molecule has 1 fully saturated rings. The summed E-state index contributed by atoms with van der Waals surface area (Å²) in [6.45, 7) is 6.19. The summed E-state index contributed by atoms with van der Waals surface area (Å²) in [6, 6.07) is 12.7. The summed E-state index contributed by atoms with van der Waals surface area (Å²) in [6.07, 6.45) is 2.29. The highest BCUT2D eigenvalue weighted by molar-refractivity contribution is 6.30. The van der Waals surface area contributed by atoms with Crippen LogP contribution in [0.2, 0.25) is 5.02 Å². The van der Waals surface area contributed by atoms with Gasteiger partial charge < -0.3 is 10.1 Å². The van der Waals surface area contributed by atoms with Gasteiger partial charge in [-0.15, -0.1) is 0 Å². The zero-order valence-corrected chi connectivity index (χ0v) is 18.2. The number of halogens is 2. The smallest absolute Gasteiger partial charge is 0.223 e. The fourth-order valence-corrected chi connectivity index (χ4v) is 4.62. The Labute approximate surface area is 182 Å². The van der Waals surface area contributed by atoms with E-state index in [1.54, 1.807) is 12.1 Å². The molecule has 1 unspecified atom stereocenters. The van der Waals surface area contributed by atoms with Gasteiger partial charge in [0.25, 0.3) is 0 Å². The molecule has 0 aliphatic carbocycles. The molecule has 6 heteroatoms. The molecule has 0 spiro atoms. The van der Waals surface area contributed by atoms with Crippen molar-refractivity contribution in [1.82, 2.24) is 10.2 Å². The van der Waals surface area contributed by atoms with E-state index >= 15 is 0 Å². The van der Waals surface area contributed by atoms with Crippen molar-refractivity contribution >= 4 is 17.5 Å². The number of amides is 1. The third kappa shape index (κ3) is 4.79. The van der Waals surface area contributed by atoms with Gasteiger partial charge in [-0.2, -0.15) is 0 Å². The van der Waals surface area contributed by atoms with Crippen molar-refractivity contribution < 1.29 is 13.9 Å². The summed E-state index contributed by atoms with van der Waals surface area (Å²) >= 11 is 5.84. The minimum absolute atomic E-state index is 0.0190. The molecule has 2 aromatic rings. The number of nitrogens with one attached hydrogen (secondary N) is 1. The van der Waals surface area contributed by atoms with E-state index in [-0.39, 0.29) is 29.3 Å². The minimum Gasteiger partial charge on any atom is -0.487 e. The lowest BCUT2D eigenvalue weighted by molar-refractivity contribution is -0.127. The Hall–Kier alpha value is -2.11. The van der Waals surface area contributed by atoms with E-state index in [1.165, 1.54) is 6.07 Å². The van der Waals surface area contributed by atoms with Crippen LogP contribution in [0.15, 0.2) is 42.5 Å². The summed E-state index contributed by atoms with van der Waals surface area (Å²) in [7, 11) is 0. The third-order valence-electron chi connectivity index (χ3n) is 6.06. The molecule has 30 heavy (non-hydrogen) atoms. The Morgan fingerprint density at radius 3 is 2.70 bits per heavy atom. The molecule has 2 aromatic carbocycles. The van der Waals surface area contributed by atoms with Gasteiger partial charge in [0.1, 0.15) is 17.2 Å². The van der Waals surface area contributed by atoms with Gasteiger partial charge >= 0.3 is 0 Å². The van der Waals surface area contributed by atoms with Gasteiger partial charge in [0.05, 0.1) is 6.04 Å². The second-order valence-corrected chi connectivity index (χ2v) is 9.39. The molecule has 2 aliphatic heterocycles. The van der Waals surface area contributed by atoms with Crippen LogP contribution in [0, 0.1) is 11.7 Å². The molecule has 2 heterocycles. The number of fused-ring (bicyclic) bond motifs is 1. The van der Waals surface area contributed by atoms with Gasteiger partial charge in [-0.1, -0.05) is 35.9 Å². The van der Waals surface area contributed by atoms with Gasteiger partial charge in [-0.3, -0.25) is 9.69 Å². The Morgan fingerprint density at radius 1 is 1.23 bits per heavy atom. The lowest BCUT2D eigenvalue weighted by atomic mass is 9.88. The average molecular weight is 431 g/mol. The number of benzene rings is 2. The molecule has 0 saturated carbocycles. The van der Waals surface area contributed by atoms with Crippen LogP contribution in [0.3, 0.4) is 0 Å². The van der Waals surface area contributed by atoms with Crippen LogP contribution in [-0.4, -0.2) is 29.5 Å². The lowest BCUT2D eigenvalue weighted by Gasteiger charge is -2.39. The quantitative estimate of drug-likeness (QED) is 0.732. The molecule has 1 atom stereocenters. The Balaban J connectivity index is 1.35. The van der Waals surface area contributed by atoms with Gasteiger partial charge in [0.15, 0.2) is 0 Å². The van der Waals surface area contributed by atoms with E-state index in [4.69, 9.17) is 16.3 Å². The molecule has 1 amide bonds. The topological polar surface area (TPSA) is 41.6 Å². The highest BCUT2D eigenvalue weighted by Gasteiger charge is 2.35. The first-order valence-electron chi connectivity index (χ1n) is 10.6. The van der Waals surface area contributed by atoms with E-state index in [2.05, 4.69) is 24.1 Å². The van der Waals surface area contributed by atoms with Crippen molar-refractivity contribution in [1.29, 1.82) is 0 Å². The number of likely N-dealkylation sites (tertiary alicyclic amines) is 1. The van der Waals surface area contributed by atoms with E-state index in [9.17, 15) is 9.18 Å². The molecule has 1 N–H and O–H groups in total. The molecule has 160 valence electrons. The molecule has 2 aliphatic rings. The van der Waals surface area contributed by atoms with Crippen molar-refractivity contribution in [2.75, 3.05) is 13.1 Å².